The van der Waals surface area contributed by atoms with Crippen molar-refractivity contribution in [2.24, 2.45) is 4.99 Å². The molecule has 0 atom stereocenters. The monoisotopic (exact) mass is 534 g/mol. The quantitative estimate of drug-likeness (QED) is 0.152. The number of hydrogen-bond acceptors (Lipinski definition) is 4. The van der Waals surface area contributed by atoms with E-state index in [0.717, 1.165) is 69.4 Å². The Morgan fingerprint density at radius 3 is 2.40 bits per heavy atom. The summed E-state index contributed by atoms with van der Waals surface area (Å²) in [5, 5.41) is 6.79. The smallest absolute Gasteiger partial charge is 0.191 e. The lowest BCUT2D eigenvalue weighted by atomic mass is 10.1. The van der Waals surface area contributed by atoms with Crippen LogP contribution in [-0.2, 0) is 6.42 Å². The van der Waals surface area contributed by atoms with Gasteiger partial charge in [0, 0.05) is 19.6 Å². The maximum atomic E-state index is 5.66. The van der Waals surface area contributed by atoms with E-state index >= 15 is 0 Å². The van der Waals surface area contributed by atoms with Crippen molar-refractivity contribution in [3.8, 4) is 11.5 Å². The van der Waals surface area contributed by atoms with Crippen molar-refractivity contribution in [2.45, 2.75) is 53.4 Å². The van der Waals surface area contributed by atoms with E-state index in [0.29, 0.717) is 6.61 Å². The number of guanidine groups is 1. The topological polar surface area (TPSA) is 58.1 Å². The Morgan fingerprint density at radius 2 is 1.77 bits per heavy atom. The molecule has 7 heteroatoms. The largest absolute Gasteiger partial charge is 0.493 e. The predicted molar refractivity (Wildman–Crippen MR) is 139 cm³/mol. The number of hydrogen-bond donors (Lipinski definition) is 2. The minimum atomic E-state index is 0. The second kappa shape index (κ2) is 18.5. The lowest BCUT2D eigenvalue weighted by molar-refractivity contribution is 0.297. The first-order chi connectivity index (χ1) is 14.2. The van der Waals surface area contributed by atoms with Crippen molar-refractivity contribution >= 4 is 29.9 Å². The summed E-state index contributed by atoms with van der Waals surface area (Å²) in [6, 6.07) is 6.16. The number of halogens is 1. The molecule has 0 fully saturated rings. The summed E-state index contributed by atoms with van der Waals surface area (Å²) in [5.41, 5.74) is 1.25. The molecule has 0 spiro atoms. The molecule has 0 radical (unpaired) electrons. The van der Waals surface area contributed by atoms with Gasteiger partial charge in [-0.25, -0.2) is 0 Å². The van der Waals surface area contributed by atoms with Crippen LogP contribution in [-0.4, -0.2) is 63.8 Å². The van der Waals surface area contributed by atoms with Crippen LogP contribution in [0, 0.1) is 0 Å². The van der Waals surface area contributed by atoms with Crippen LogP contribution in [0.4, 0.5) is 0 Å². The van der Waals surface area contributed by atoms with Gasteiger partial charge in [-0.3, -0.25) is 4.99 Å². The molecule has 0 unspecified atom stereocenters. The Balaban J connectivity index is 0.00000841. The molecule has 0 aromatic heterocycles. The molecule has 0 aliphatic carbocycles. The van der Waals surface area contributed by atoms with Crippen molar-refractivity contribution in [3.05, 3.63) is 23.8 Å². The summed E-state index contributed by atoms with van der Waals surface area (Å²) in [4.78, 5) is 7.18. The third-order valence-electron chi connectivity index (χ3n) is 4.85. The van der Waals surface area contributed by atoms with Gasteiger partial charge in [0.1, 0.15) is 0 Å². The lowest BCUT2D eigenvalue weighted by Gasteiger charge is -2.18. The third kappa shape index (κ3) is 11.8. The normalized spacial score (nSPS) is 11.2. The lowest BCUT2D eigenvalue weighted by Crippen LogP contribution is -2.38. The summed E-state index contributed by atoms with van der Waals surface area (Å²) >= 11 is 0. The SMILES string of the molecule is CCNC(=NCCCc1ccc(OC)c(OCC)c1)NCCCCN(CC)CC.I. The number of methoxy groups -OCH3 is 1. The number of aryl methyl sites for hydroxylation is 1. The van der Waals surface area contributed by atoms with Crippen molar-refractivity contribution < 1.29 is 9.47 Å². The molecule has 0 aliphatic rings. The maximum Gasteiger partial charge on any atom is 0.191 e. The molecular formula is C23H43IN4O2. The number of benzene rings is 1. The minimum absolute atomic E-state index is 0. The first kappa shape index (κ1) is 28.8. The highest BCUT2D eigenvalue weighted by molar-refractivity contribution is 14.0. The van der Waals surface area contributed by atoms with Crippen molar-refractivity contribution in [1.29, 1.82) is 0 Å². The molecule has 174 valence electrons. The van der Waals surface area contributed by atoms with Gasteiger partial charge in [0.05, 0.1) is 13.7 Å². The zero-order valence-corrected chi connectivity index (χ0v) is 22.0. The fraction of sp³-hybridized carbons (Fsp3) is 0.696. The standard InChI is InChI=1S/C23H42N4O2.HI/c1-6-24-23(25-16-10-11-18-27(7-2)8-3)26-17-12-13-20-14-15-21(28-5)22(19-20)29-9-4;/h14-15,19H,6-13,16-18H2,1-5H3,(H2,24,25,26);1H. The molecule has 0 saturated carbocycles. The van der Waals surface area contributed by atoms with Crippen LogP contribution >= 0.6 is 24.0 Å². The van der Waals surface area contributed by atoms with Crippen LogP contribution in [0.15, 0.2) is 23.2 Å². The van der Waals surface area contributed by atoms with Crippen molar-refractivity contribution in [3.63, 3.8) is 0 Å². The van der Waals surface area contributed by atoms with Crippen molar-refractivity contribution in [2.75, 3.05) is 53.0 Å². The summed E-state index contributed by atoms with van der Waals surface area (Å²) in [6.45, 7) is 15.2. The molecule has 0 aliphatic heterocycles. The first-order valence-electron chi connectivity index (χ1n) is 11.2. The van der Waals surface area contributed by atoms with E-state index in [4.69, 9.17) is 14.5 Å². The average molecular weight is 535 g/mol. The zero-order chi connectivity index (χ0) is 21.3. The number of ether oxygens (including phenoxy) is 2. The van der Waals surface area contributed by atoms with Gasteiger partial charge in [-0.1, -0.05) is 19.9 Å². The van der Waals surface area contributed by atoms with Crippen LogP contribution in [0.3, 0.4) is 0 Å². The van der Waals surface area contributed by atoms with E-state index in [9.17, 15) is 0 Å². The van der Waals surface area contributed by atoms with Crippen LogP contribution in [0.25, 0.3) is 0 Å². The summed E-state index contributed by atoms with van der Waals surface area (Å²) in [6.07, 6.45) is 4.34. The van der Waals surface area contributed by atoms with E-state index in [-0.39, 0.29) is 24.0 Å². The average Bonchev–Trinajstić information content (AvgIpc) is 2.74. The molecule has 1 aromatic carbocycles. The first-order valence-corrected chi connectivity index (χ1v) is 11.2. The Kier molecular flexibility index (Phi) is 17.8. The van der Waals surface area contributed by atoms with Gasteiger partial charge in [-0.15, -0.1) is 24.0 Å². The van der Waals surface area contributed by atoms with E-state index in [1.54, 1.807) is 7.11 Å². The molecular weight excluding hydrogens is 491 g/mol. The molecule has 1 rings (SSSR count). The Morgan fingerprint density at radius 1 is 1.00 bits per heavy atom. The highest BCUT2D eigenvalue weighted by atomic mass is 127. The summed E-state index contributed by atoms with van der Waals surface area (Å²) in [5.74, 6) is 2.52. The van der Waals surface area contributed by atoms with E-state index in [2.05, 4.69) is 48.4 Å². The number of unbranched alkanes of at least 4 members (excludes halogenated alkanes) is 1. The van der Waals surface area contributed by atoms with Crippen LogP contribution < -0.4 is 20.1 Å². The zero-order valence-electron chi connectivity index (χ0n) is 19.6. The van der Waals surface area contributed by atoms with Crippen LogP contribution in [0.5, 0.6) is 11.5 Å². The maximum absolute atomic E-state index is 5.66. The van der Waals surface area contributed by atoms with Crippen LogP contribution in [0.1, 0.15) is 52.5 Å². The molecule has 6 nitrogen and oxygen atoms in total. The van der Waals surface area contributed by atoms with E-state index in [1.165, 1.54) is 18.5 Å². The van der Waals surface area contributed by atoms with Gasteiger partial charge in [0.25, 0.3) is 0 Å². The molecule has 30 heavy (non-hydrogen) atoms. The highest BCUT2D eigenvalue weighted by Crippen LogP contribution is 2.28. The molecule has 2 N–H and O–H groups in total. The Hall–Kier alpha value is -1.22. The molecule has 0 saturated heterocycles. The predicted octanol–water partition coefficient (Wildman–Crippen LogP) is 4.32. The van der Waals surface area contributed by atoms with Crippen LogP contribution in [0.2, 0.25) is 0 Å². The number of rotatable bonds is 15. The molecule has 0 amide bonds. The second-order valence-electron chi connectivity index (χ2n) is 6.94. The molecule has 0 bridgehead atoms. The molecule has 1 aromatic rings. The number of nitrogens with one attached hydrogen (secondary N) is 2. The van der Waals surface area contributed by atoms with Crippen molar-refractivity contribution in [1.82, 2.24) is 15.5 Å². The summed E-state index contributed by atoms with van der Waals surface area (Å²) in [7, 11) is 1.67. The third-order valence-corrected chi connectivity index (χ3v) is 4.85. The number of nitrogens with zero attached hydrogens (tertiary/aromatic N) is 2. The van der Waals surface area contributed by atoms with E-state index in [1.807, 2.05) is 13.0 Å². The van der Waals surface area contributed by atoms with Gasteiger partial charge in [0.15, 0.2) is 17.5 Å². The van der Waals surface area contributed by atoms with E-state index < -0.39 is 0 Å². The molecule has 0 heterocycles. The van der Waals surface area contributed by atoms with Gasteiger partial charge < -0.3 is 25.0 Å². The minimum Gasteiger partial charge on any atom is -0.493 e. The Labute approximate surface area is 201 Å². The van der Waals surface area contributed by atoms with Gasteiger partial charge >= 0.3 is 0 Å². The second-order valence-corrected chi connectivity index (χ2v) is 6.94. The fourth-order valence-corrected chi connectivity index (χ4v) is 3.17. The number of aliphatic imine (C=N–C) groups is 1. The highest BCUT2D eigenvalue weighted by Gasteiger charge is 2.05. The van der Waals surface area contributed by atoms with Gasteiger partial charge in [0.2, 0.25) is 0 Å². The van der Waals surface area contributed by atoms with Gasteiger partial charge in [-0.05, 0) is 76.9 Å². The fourth-order valence-electron chi connectivity index (χ4n) is 3.17. The van der Waals surface area contributed by atoms with Gasteiger partial charge in [-0.2, -0.15) is 0 Å². The Bertz CT molecular complexity index is 580. The summed E-state index contributed by atoms with van der Waals surface area (Å²) < 4.78 is 11.0.